The molecule has 0 spiro atoms. The lowest BCUT2D eigenvalue weighted by Gasteiger charge is -2.29. The van der Waals surface area contributed by atoms with Gasteiger partial charge in [-0.15, -0.1) is 0 Å². The molecule has 1 unspecified atom stereocenters. The second-order valence-electron chi connectivity index (χ2n) is 8.33. The number of aryl methyl sites for hydroxylation is 2. The van der Waals surface area contributed by atoms with Gasteiger partial charge in [0.2, 0.25) is 0 Å². The van der Waals surface area contributed by atoms with E-state index in [0.29, 0.717) is 34.9 Å². The number of amides is 2. The summed E-state index contributed by atoms with van der Waals surface area (Å²) in [6.07, 6.45) is 0. The van der Waals surface area contributed by atoms with Crippen LogP contribution in [0.15, 0.2) is 72.3 Å². The van der Waals surface area contributed by atoms with E-state index >= 15 is 0 Å². The standard InChI is InChI=1S/C28H28N2O5/c1-17-5-6-18(2)21(15-17)16-35-23-13-9-20(10-14-23)26-24(27(31)34-4)25(29-28(32)30-26)19-7-11-22(33-3)12-8-19/h5-15,26H,16H2,1-4H3,(H2,29,30,32). The predicted molar refractivity (Wildman–Crippen MR) is 133 cm³/mol. The smallest absolute Gasteiger partial charge is 0.338 e. The molecular weight excluding hydrogens is 444 g/mol. The van der Waals surface area contributed by atoms with E-state index in [1.54, 1.807) is 31.4 Å². The fraction of sp³-hybridized carbons (Fsp3) is 0.214. The van der Waals surface area contributed by atoms with Crippen LogP contribution in [-0.2, 0) is 16.1 Å². The van der Waals surface area contributed by atoms with Crippen molar-refractivity contribution in [2.24, 2.45) is 0 Å². The second-order valence-corrected chi connectivity index (χ2v) is 8.33. The van der Waals surface area contributed by atoms with Gasteiger partial charge in [-0.05, 0) is 72.5 Å². The minimum absolute atomic E-state index is 0.307. The number of nitrogens with one attached hydrogen (secondary N) is 2. The molecule has 0 radical (unpaired) electrons. The van der Waals surface area contributed by atoms with Gasteiger partial charge in [-0.3, -0.25) is 0 Å². The van der Waals surface area contributed by atoms with Crippen molar-refractivity contribution >= 4 is 17.7 Å². The number of methoxy groups -OCH3 is 2. The third-order valence-corrected chi connectivity index (χ3v) is 5.97. The SMILES string of the molecule is COC(=O)C1=C(c2ccc(OC)cc2)NC(=O)NC1c1ccc(OCc2cc(C)ccc2C)cc1. The van der Waals surface area contributed by atoms with E-state index in [-0.39, 0.29) is 0 Å². The zero-order chi connectivity index (χ0) is 24.9. The molecule has 1 aliphatic rings. The Morgan fingerprint density at radius 3 is 2.26 bits per heavy atom. The van der Waals surface area contributed by atoms with Crippen LogP contribution in [0.2, 0.25) is 0 Å². The first-order valence-electron chi connectivity index (χ1n) is 11.2. The fourth-order valence-electron chi connectivity index (χ4n) is 4.00. The Bertz CT molecular complexity index is 1260. The molecule has 0 aliphatic carbocycles. The first kappa shape index (κ1) is 23.9. The van der Waals surface area contributed by atoms with E-state index < -0.39 is 18.0 Å². The number of rotatable bonds is 7. The van der Waals surface area contributed by atoms with Gasteiger partial charge < -0.3 is 24.8 Å². The topological polar surface area (TPSA) is 85.9 Å². The van der Waals surface area contributed by atoms with Gasteiger partial charge in [0.1, 0.15) is 18.1 Å². The summed E-state index contributed by atoms with van der Waals surface area (Å²) in [5.74, 6) is 0.819. The number of hydrogen-bond donors (Lipinski definition) is 2. The quantitative estimate of drug-likeness (QED) is 0.481. The third-order valence-electron chi connectivity index (χ3n) is 5.97. The van der Waals surface area contributed by atoms with E-state index in [0.717, 1.165) is 11.1 Å². The summed E-state index contributed by atoms with van der Waals surface area (Å²) in [5.41, 5.74) is 5.57. The maximum Gasteiger partial charge on any atom is 0.338 e. The Morgan fingerprint density at radius 1 is 0.914 bits per heavy atom. The number of esters is 1. The summed E-state index contributed by atoms with van der Waals surface area (Å²) in [6, 6.07) is 19.6. The van der Waals surface area contributed by atoms with Crippen molar-refractivity contribution in [1.82, 2.24) is 10.6 Å². The molecule has 1 aliphatic heterocycles. The average molecular weight is 473 g/mol. The van der Waals surface area contributed by atoms with Gasteiger partial charge in [0.15, 0.2) is 0 Å². The van der Waals surface area contributed by atoms with Crippen LogP contribution in [0.4, 0.5) is 4.79 Å². The molecule has 180 valence electrons. The molecule has 7 heteroatoms. The number of urea groups is 1. The van der Waals surface area contributed by atoms with Crippen LogP contribution in [-0.4, -0.2) is 26.2 Å². The van der Waals surface area contributed by atoms with Gasteiger partial charge in [-0.25, -0.2) is 9.59 Å². The van der Waals surface area contributed by atoms with E-state index in [9.17, 15) is 9.59 Å². The first-order valence-corrected chi connectivity index (χ1v) is 11.2. The molecule has 0 saturated carbocycles. The summed E-state index contributed by atoms with van der Waals surface area (Å²) >= 11 is 0. The Balaban J connectivity index is 1.63. The Labute approximate surface area is 204 Å². The highest BCUT2D eigenvalue weighted by molar-refractivity contribution is 6.04. The summed E-state index contributed by atoms with van der Waals surface area (Å²) in [6.45, 7) is 4.56. The highest BCUT2D eigenvalue weighted by Gasteiger charge is 2.34. The molecule has 4 rings (SSSR count). The van der Waals surface area contributed by atoms with Crippen molar-refractivity contribution in [3.05, 3.63) is 100 Å². The molecule has 0 fully saturated rings. The Hall–Kier alpha value is -4.26. The summed E-state index contributed by atoms with van der Waals surface area (Å²) in [5, 5.41) is 5.60. The average Bonchev–Trinajstić information content (AvgIpc) is 2.88. The van der Waals surface area contributed by atoms with Gasteiger partial charge in [-0.1, -0.05) is 35.9 Å². The van der Waals surface area contributed by atoms with Crippen molar-refractivity contribution in [3.8, 4) is 11.5 Å². The number of hydrogen-bond acceptors (Lipinski definition) is 5. The van der Waals surface area contributed by atoms with Gasteiger partial charge in [0, 0.05) is 0 Å². The second kappa shape index (κ2) is 10.3. The van der Waals surface area contributed by atoms with Crippen LogP contribution in [0.1, 0.15) is 33.9 Å². The number of ether oxygens (including phenoxy) is 3. The Kier molecular flexibility index (Phi) is 7.06. The van der Waals surface area contributed by atoms with Gasteiger partial charge in [0.25, 0.3) is 0 Å². The molecule has 0 saturated heterocycles. The predicted octanol–water partition coefficient (Wildman–Crippen LogP) is 4.83. The molecule has 0 aromatic heterocycles. The van der Waals surface area contributed by atoms with Crippen LogP contribution in [0.25, 0.3) is 5.70 Å². The van der Waals surface area contributed by atoms with E-state index in [1.165, 1.54) is 18.2 Å². The summed E-state index contributed by atoms with van der Waals surface area (Å²) < 4.78 is 16.3. The number of benzene rings is 3. The molecule has 7 nitrogen and oxygen atoms in total. The van der Waals surface area contributed by atoms with Crippen molar-refractivity contribution in [1.29, 1.82) is 0 Å². The number of carbonyl (C=O) groups excluding carboxylic acids is 2. The molecule has 35 heavy (non-hydrogen) atoms. The van der Waals surface area contributed by atoms with Crippen LogP contribution >= 0.6 is 0 Å². The minimum Gasteiger partial charge on any atom is -0.497 e. The lowest BCUT2D eigenvalue weighted by atomic mass is 9.92. The van der Waals surface area contributed by atoms with E-state index in [4.69, 9.17) is 14.2 Å². The molecular formula is C28H28N2O5. The van der Waals surface area contributed by atoms with Crippen LogP contribution < -0.4 is 20.1 Å². The van der Waals surface area contributed by atoms with Gasteiger partial charge in [-0.2, -0.15) is 0 Å². The molecule has 2 N–H and O–H groups in total. The molecule has 0 bridgehead atoms. The van der Waals surface area contributed by atoms with Gasteiger partial charge >= 0.3 is 12.0 Å². The normalized spacial score (nSPS) is 15.2. The maximum absolute atomic E-state index is 12.8. The number of carbonyl (C=O) groups is 2. The zero-order valence-corrected chi connectivity index (χ0v) is 20.2. The first-order chi connectivity index (χ1) is 16.9. The minimum atomic E-state index is -0.693. The van der Waals surface area contributed by atoms with Crippen LogP contribution in [0.5, 0.6) is 11.5 Å². The highest BCUT2D eigenvalue weighted by Crippen LogP contribution is 2.33. The maximum atomic E-state index is 12.8. The monoisotopic (exact) mass is 472 g/mol. The van der Waals surface area contributed by atoms with Crippen molar-refractivity contribution < 1.29 is 23.8 Å². The van der Waals surface area contributed by atoms with Crippen molar-refractivity contribution in [2.75, 3.05) is 14.2 Å². The molecule has 1 atom stereocenters. The lowest BCUT2D eigenvalue weighted by molar-refractivity contribution is -0.136. The highest BCUT2D eigenvalue weighted by atomic mass is 16.5. The lowest BCUT2D eigenvalue weighted by Crippen LogP contribution is -2.45. The molecule has 1 heterocycles. The third kappa shape index (κ3) is 5.30. The molecule has 2 amide bonds. The van der Waals surface area contributed by atoms with Crippen molar-refractivity contribution in [3.63, 3.8) is 0 Å². The summed E-state index contributed by atoms with van der Waals surface area (Å²) in [4.78, 5) is 25.4. The van der Waals surface area contributed by atoms with Crippen LogP contribution in [0, 0.1) is 13.8 Å². The zero-order valence-electron chi connectivity index (χ0n) is 20.2. The fourth-order valence-corrected chi connectivity index (χ4v) is 4.00. The summed E-state index contributed by atoms with van der Waals surface area (Å²) in [7, 11) is 2.89. The molecule has 3 aromatic carbocycles. The Morgan fingerprint density at radius 2 is 1.60 bits per heavy atom. The largest absolute Gasteiger partial charge is 0.497 e. The van der Waals surface area contributed by atoms with E-state index in [2.05, 4.69) is 42.7 Å². The van der Waals surface area contributed by atoms with Gasteiger partial charge in [0.05, 0.1) is 31.5 Å². The van der Waals surface area contributed by atoms with E-state index in [1.807, 2.05) is 24.3 Å². The van der Waals surface area contributed by atoms with Crippen LogP contribution in [0.3, 0.4) is 0 Å². The molecule has 3 aromatic rings. The van der Waals surface area contributed by atoms with Crippen molar-refractivity contribution in [2.45, 2.75) is 26.5 Å².